The zero-order valence-electron chi connectivity index (χ0n) is 12.4. The molecule has 0 aliphatic rings. The number of carboxylic acid groups (broad SMARTS) is 1. The molecule has 1 atom stereocenters. The van der Waals surface area contributed by atoms with Crippen LogP contribution in [0.1, 0.15) is 61.9 Å². The largest absolute Gasteiger partial charge is 0.475 e. The van der Waals surface area contributed by atoms with E-state index in [0.29, 0.717) is 18.2 Å². The summed E-state index contributed by atoms with van der Waals surface area (Å²) in [7, 11) is 0. The first-order valence-corrected chi connectivity index (χ1v) is 7.06. The highest BCUT2D eigenvalue weighted by Crippen LogP contribution is 2.18. The van der Waals surface area contributed by atoms with Gasteiger partial charge in [0.1, 0.15) is 5.76 Å². The lowest BCUT2D eigenvalue weighted by Crippen LogP contribution is -2.32. The van der Waals surface area contributed by atoms with Gasteiger partial charge in [0.15, 0.2) is 0 Å². The molecule has 0 saturated heterocycles. The second kappa shape index (κ2) is 7.34. The molecule has 1 aromatic rings. The number of carboxylic acids is 1. The highest BCUT2D eigenvalue weighted by Gasteiger charge is 2.18. The summed E-state index contributed by atoms with van der Waals surface area (Å²) in [4.78, 5) is 13.3. The molecule has 0 amide bonds. The van der Waals surface area contributed by atoms with Crippen molar-refractivity contribution in [1.82, 2.24) is 4.90 Å². The van der Waals surface area contributed by atoms with Gasteiger partial charge in [-0.2, -0.15) is 0 Å². The van der Waals surface area contributed by atoms with Gasteiger partial charge in [-0.1, -0.05) is 20.3 Å². The van der Waals surface area contributed by atoms with Gasteiger partial charge in [-0.25, -0.2) is 4.79 Å². The molecule has 1 unspecified atom stereocenters. The van der Waals surface area contributed by atoms with Gasteiger partial charge in [0.2, 0.25) is 5.76 Å². The van der Waals surface area contributed by atoms with E-state index in [2.05, 4.69) is 25.7 Å². The van der Waals surface area contributed by atoms with Gasteiger partial charge in [-0.05, 0) is 39.3 Å². The smallest absolute Gasteiger partial charge is 0.372 e. The molecule has 19 heavy (non-hydrogen) atoms. The monoisotopic (exact) mass is 267 g/mol. The average molecular weight is 267 g/mol. The third kappa shape index (κ3) is 4.39. The zero-order valence-corrected chi connectivity index (χ0v) is 12.4. The van der Waals surface area contributed by atoms with Gasteiger partial charge in [-0.15, -0.1) is 0 Å². The molecule has 1 N–H and O–H groups in total. The molecule has 0 aliphatic heterocycles. The summed E-state index contributed by atoms with van der Waals surface area (Å²) < 4.78 is 5.44. The molecule has 0 aromatic carbocycles. The van der Waals surface area contributed by atoms with E-state index in [1.807, 2.05) is 6.07 Å². The topological polar surface area (TPSA) is 53.7 Å². The maximum atomic E-state index is 11.0. The number of nitrogens with zero attached hydrogens (tertiary/aromatic N) is 1. The van der Waals surface area contributed by atoms with Crippen molar-refractivity contribution in [3.63, 3.8) is 0 Å². The molecule has 4 heteroatoms. The van der Waals surface area contributed by atoms with E-state index < -0.39 is 5.97 Å². The summed E-state index contributed by atoms with van der Waals surface area (Å²) in [6.07, 6.45) is 3.38. The Morgan fingerprint density at radius 3 is 2.63 bits per heavy atom. The Kier molecular flexibility index (Phi) is 6.09. The van der Waals surface area contributed by atoms with Gasteiger partial charge >= 0.3 is 5.97 Å². The first-order valence-electron chi connectivity index (χ1n) is 7.06. The summed E-state index contributed by atoms with van der Waals surface area (Å²) in [5.41, 5.74) is 0.696. The normalized spacial score (nSPS) is 12.9. The SMILES string of the molecule is CCCCN(Cc1cc(C)c(C(=O)O)o1)C(C)CC. The standard InChI is InChI=1S/C15H25NO3/c1-5-7-8-16(12(4)6-2)10-13-9-11(3)14(19-13)15(17)18/h9,12H,5-8,10H2,1-4H3,(H,17,18). The molecule has 0 radical (unpaired) electrons. The van der Waals surface area contributed by atoms with E-state index in [1.165, 1.54) is 0 Å². The van der Waals surface area contributed by atoms with E-state index in [9.17, 15) is 4.79 Å². The van der Waals surface area contributed by atoms with Gasteiger partial charge in [0.05, 0.1) is 6.54 Å². The number of hydrogen-bond acceptors (Lipinski definition) is 3. The van der Waals surface area contributed by atoms with Gasteiger partial charge in [0.25, 0.3) is 0 Å². The Labute approximate surface area is 115 Å². The average Bonchev–Trinajstić information content (AvgIpc) is 2.74. The molecule has 0 aliphatic carbocycles. The Morgan fingerprint density at radius 2 is 2.16 bits per heavy atom. The molecular weight excluding hydrogens is 242 g/mol. The fraction of sp³-hybridized carbons (Fsp3) is 0.667. The predicted octanol–water partition coefficient (Wildman–Crippen LogP) is 3.69. The van der Waals surface area contributed by atoms with Crippen molar-refractivity contribution in [2.24, 2.45) is 0 Å². The molecule has 0 saturated carbocycles. The van der Waals surface area contributed by atoms with Crippen molar-refractivity contribution in [2.75, 3.05) is 6.54 Å². The maximum absolute atomic E-state index is 11.0. The fourth-order valence-corrected chi connectivity index (χ4v) is 2.11. The number of rotatable bonds is 8. The molecule has 1 heterocycles. The van der Waals surface area contributed by atoms with Gasteiger partial charge in [0, 0.05) is 11.6 Å². The van der Waals surface area contributed by atoms with Crippen molar-refractivity contribution in [3.05, 3.63) is 23.2 Å². The molecule has 0 bridgehead atoms. The summed E-state index contributed by atoms with van der Waals surface area (Å²) in [6, 6.07) is 2.32. The van der Waals surface area contributed by atoms with Crippen LogP contribution in [0.3, 0.4) is 0 Å². The van der Waals surface area contributed by atoms with E-state index in [1.54, 1.807) is 6.92 Å². The molecule has 1 rings (SSSR count). The van der Waals surface area contributed by atoms with Crippen LogP contribution in [0, 0.1) is 6.92 Å². The van der Waals surface area contributed by atoms with Crippen molar-refractivity contribution in [3.8, 4) is 0 Å². The number of hydrogen-bond donors (Lipinski definition) is 1. The van der Waals surface area contributed by atoms with Crippen LogP contribution >= 0.6 is 0 Å². The maximum Gasteiger partial charge on any atom is 0.372 e. The lowest BCUT2D eigenvalue weighted by Gasteiger charge is -2.27. The van der Waals surface area contributed by atoms with E-state index in [4.69, 9.17) is 9.52 Å². The Balaban J connectivity index is 2.77. The first-order chi connectivity index (χ1) is 8.99. The molecular formula is C15H25NO3. The summed E-state index contributed by atoms with van der Waals surface area (Å²) in [5, 5.41) is 9.00. The predicted molar refractivity (Wildman–Crippen MR) is 75.5 cm³/mol. The highest BCUT2D eigenvalue weighted by atomic mass is 16.4. The molecule has 0 fully saturated rings. The summed E-state index contributed by atoms with van der Waals surface area (Å²) in [6.45, 7) is 10.0. The quantitative estimate of drug-likeness (QED) is 0.780. The fourth-order valence-electron chi connectivity index (χ4n) is 2.11. The number of aromatic carboxylic acids is 1. The minimum Gasteiger partial charge on any atom is -0.475 e. The molecule has 4 nitrogen and oxygen atoms in total. The third-order valence-corrected chi connectivity index (χ3v) is 3.54. The Bertz CT molecular complexity index is 412. The van der Waals surface area contributed by atoms with Gasteiger partial charge in [-0.3, -0.25) is 4.90 Å². The lowest BCUT2D eigenvalue weighted by atomic mass is 10.2. The van der Waals surface area contributed by atoms with Crippen LogP contribution in [0.15, 0.2) is 10.5 Å². The van der Waals surface area contributed by atoms with Crippen LogP contribution in [0.5, 0.6) is 0 Å². The zero-order chi connectivity index (χ0) is 14.4. The first kappa shape index (κ1) is 15.8. The van der Waals surface area contributed by atoms with Crippen molar-refractivity contribution < 1.29 is 14.3 Å². The van der Waals surface area contributed by atoms with Crippen LogP contribution in [-0.4, -0.2) is 28.6 Å². The molecule has 0 spiro atoms. The minimum absolute atomic E-state index is 0.0644. The second-order valence-electron chi connectivity index (χ2n) is 5.11. The van der Waals surface area contributed by atoms with Gasteiger partial charge < -0.3 is 9.52 Å². The van der Waals surface area contributed by atoms with Crippen molar-refractivity contribution in [1.29, 1.82) is 0 Å². The van der Waals surface area contributed by atoms with E-state index >= 15 is 0 Å². The highest BCUT2D eigenvalue weighted by molar-refractivity contribution is 5.86. The summed E-state index contributed by atoms with van der Waals surface area (Å²) >= 11 is 0. The van der Waals surface area contributed by atoms with E-state index in [0.717, 1.165) is 31.6 Å². The second-order valence-corrected chi connectivity index (χ2v) is 5.11. The lowest BCUT2D eigenvalue weighted by molar-refractivity contribution is 0.0656. The molecule has 1 aromatic heterocycles. The van der Waals surface area contributed by atoms with Crippen LogP contribution in [0.25, 0.3) is 0 Å². The van der Waals surface area contributed by atoms with Crippen molar-refractivity contribution in [2.45, 2.75) is 59.5 Å². The number of unbranched alkanes of at least 4 members (excludes halogenated alkanes) is 1. The van der Waals surface area contributed by atoms with E-state index in [-0.39, 0.29) is 5.76 Å². The Morgan fingerprint density at radius 1 is 1.47 bits per heavy atom. The molecule has 108 valence electrons. The van der Waals surface area contributed by atoms with Crippen LogP contribution < -0.4 is 0 Å². The number of aryl methyl sites for hydroxylation is 1. The van der Waals surface area contributed by atoms with Crippen molar-refractivity contribution >= 4 is 5.97 Å². The Hall–Kier alpha value is -1.29. The van der Waals surface area contributed by atoms with Crippen LogP contribution in [-0.2, 0) is 6.54 Å². The number of furan rings is 1. The number of carbonyl (C=O) groups is 1. The summed E-state index contributed by atoms with van der Waals surface area (Å²) in [5.74, 6) is -0.187. The van der Waals surface area contributed by atoms with Crippen LogP contribution in [0.4, 0.5) is 0 Å². The minimum atomic E-state index is -0.993. The third-order valence-electron chi connectivity index (χ3n) is 3.54. The van der Waals surface area contributed by atoms with Crippen LogP contribution in [0.2, 0.25) is 0 Å².